The van der Waals surface area contributed by atoms with E-state index in [9.17, 15) is 61.0 Å². The van der Waals surface area contributed by atoms with Crippen molar-refractivity contribution in [3.8, 4) is 0 Å². The zero-order chi connectivity index (χ0) is 68.9. The van der Waals surface area contributed by atoms with Gasteiger partial charge in [-0.3, -0.25) is 4.79 Å². The van der Waals surface area contributed by atoms with Crippen LogP contribution in [0.15, 0.2) is 48.6 Å². The molecule has 3 fully saturated rings. The van der Waals surface area contributed by atoms with Crippen molar-refractivity contribution < 1.29 is 89.4 Å². The number of hydrogen-bond donors (Lipinski definition) is 12. The van der Waals surface area contributed by atoms with Crippen LogP contribution in [-0.4, -0.2) is 193 Å². The fourth-order valence-electron chi connectivity index (χ4n) is 12.9. The fraction of sp³-hybridized carbons (Fsp3) is 0.882. The van der Waals surface area contributed by atoms with Crippen LogP contribution in [0.5, 0.6) is 0 Å². The number of hydrogen-bond acceptors (Lipinski definition) is 18. The highest BCUT2D eigenvalue weighted by Crippen LogP contribution is 2.33. The Kier molecular flexibility index (Phi) is 52.5. The molecule has 0 bridgehead atoms. The lowest BCUT2D eigenvalue weighted by molar-refractivity contribution is -0.379. The van der Waals surface area contributed by atoms with E-state index in [1.807, 2.05) is 6.08 Å². The minimum atomic E-state index is -1.98. The lowest BCUT2D eigenvalue weighted by Crippen LogP contribution is -2.66. The van der Waals surface area contributed by atoms with Gasteiger partial charge >= 0.3 is 0 Å². The second-order valence-electron chi connectivity index (χ2n) is 27.5. The molecule has 0 aromatic heterocycles. The van der Waals surface area contributed by atoms with Crippen LogP contribution in [0.4, 0.5) is 0 Å². The van der Waals surface area contributed by atoms with E-state index in [0.29, 0.717) is 12.8 Å². The Bertz CT molecular complexity index is 1910. The molecule has 17 unspecified atom stereocenters. The molecule has 3 aliphatic rings. The van der Waals surface area contributed by atoms with Crippen molar-refractivity contribution in [1.29, 1.82) is 0 Å². The van der Waals surface area contributed by atoms with Gasteiger partial charge in [-0.2, -0.15) is 0 Å². The number of aliphatic hydroxyl groups is 11. The summed E-state index contributed by atoms with van der Waals surface area (Å²) in [5.41, 5.74) is 0. The molecule has 19 nitrogen and oxygen atoms in total. The Labute approximate surface area is 573 Å². The van der Waals surface area contributed by atoms with Crippen molar-refractivity contribution in [2.45, 2.75) is 401 Å². The molecule has 19 heteroatoms. The van der Waals surface area contributed by atoms with E-state index < -0.39 is 124 Å². The van der Waals surface area contributed by atoms with Crippen molar-refractivity contribution in [3.05, 3.63) is 48.6 Å². The highest BCUT2D eigenvalue weighted by atomic mass is 16.8. The molecule has 0 saturated carbocycles. The van der Waals surface area contributed by atoms with E-state index in [4.69, 9.17) is 28.4 Å². The summed E-state index contributed by atoms with van der Waals surface area (Å²) >= 11 is 0. The summed E-state index contributed by atoms with van der Waals surface area (Å²) in [6, 6.07) is -0.990. The number of allylic oxidation sites excluding steroid dienone is 7. The van der Waals surface area contributed by atoms with Crippen LogP contribution in [0, 0.1) is 0 Å². The summed E-state index contributed by atoms with van der Waals surface area (Å²) in [6.45, 7) is 1.73. The van der Waals surface area contributed by atoms with E-state index >= 15 is 0 Å². The average molecular weight is 1350 g/mol. The number of ether oxygens (including phenoxy) is 6. The van der Waals surface area contributed by atoms with Gasteiger partial charge in [0.05, 0.1) is 38.6 Å². The van der Waals surface area contributed by atoms with Crippen LogP contribution in [0.25, 0.3) is 0 Å². The van der Waals surface area contributed by atoms with Gasteiger partial charge in [-0.25, -0.2) is 0 Å². The third-order valence-electron chi connectivity index (χ3n) is 19.1. The topological polar surface area (TPSA) is 307 Å². The maximum Gasteiger partial charge on any atom is 0.220 e. The number of unbranched alkanes of at least 4 members (excludes halogenated alkanes) is 38. The van der Waals surface area contributed by atoms with Crippen molar-refractivity contribution in [3.63, 3.8) is 0 Å². The number of amides is 1. The minimum Gasteiger partial charge on any atom is -0.394 e. The molecule has 17 atom stereocenters. The molecule has 0 aromatic carbocycles. The third-order valence-corrected chi connectivity index (χ3v) is 19.1. The number of nitrogens with one attached hydrogen (secondary N) is 1. The van der Waals surface area contributed by atoms with Gasteiger partial charge < -0.3 is 89.9 Å². The molecule has 12 N–H and O–H groups in total. The Hall–Kier alpha value is -2.25. The molecule has 3 heterocycles. The lowest BCUT2D eigenvalue weighted by atomic mass is 9.96. The van der Waals surface area contributed by atoms with Gasteiger partial charge in [-0.1, -0.05) is 274 Å². The van der Waals surface area contributed by atoms with Crippen molar-refractivity contribution in [2.75, 3.05) is 26.4 Å². The van der Waals surface area contributed by atoms with Crippen LogP contribution in [-0.2, 0) is 33.2 Å². The first-order valence-corrected chi connectivity index (χ1v) is 38.4. The summed E-state index contributed by atoms with van der Waals surface area (Å²) in [6.07, 6.45) is 43.9. The maximum absolute atomic E-state index is 13.4. The molecule has 0 aromatic rings. The van der Waals surface area contributed by atoms with Gasteiger partial charge in [0.2, 0.25) is 5.91 Å². The third kappa shape index (κ3) is 38.4. The van der Waals surface area contributed by atoms with Crippen molar-refractivity contribution in [1.82, 2.24) is 5.32 Å². The lowest BCUT2D eigenvalue weighted by Gasteiger charge is -2.48. The molecule has 3 rings (SSSR count). The standard InChI is InChI=1S/C76H139NO18/c1-3-5-7-9-11-13-15-17-19-21-22-23-24-25-26-27-28-29-30-31-32-33-34-35-36-38-40-42-44-46-48-50-52-54-64(82)77-59(60(81)53-51-49-47-45-43-41-39-37-20-18-16-14-12-10-8-6-4-2)58-90-74-70(88)67(85)72(62(56-79)92-74)95-76-71(89)68(86)73(63(57-80)93-76)94-75-69(87)66(84)65(83)61(55-78)91-75/h15,17,21-22,43,45,51,53,59-63,65-76,78-81,83-89H,3-14,16,18-20,23-42,44,46-50,52,54-58H2,1-2H3,(H,77,82)/b17-15-,22-21-,45-43+,53-51+. The van der Waals surface area contributed by atoms with E-state index in [-0.39, 0.29) is 18.9 Å². The molecule has 556 valence electrons. The monoisotopic (exact) mass is 1350 g/mol. The van der Waals surface area contributed by atoms with E-state index in [0.717, 1.165) is 44.9 Å². The van der Waals surface area contributed by atoms with E-state index in [2.05, 4.69) is 55.6 Å². The molecular formula is C76H139NO18. The fourth-order valence-corrected chi connectivity index (χ4v) is 12.9. The van der Waals surface area contributed by atoms with Gasteiger partial charge in [-0.05, 0) is 64.2 Å². The van der Waals surface area contributed by atoms with Crippen LogP contribution in [0.2, 0.25) is 0 Å². The number of carbonyl (C=O) groups is 1. The summed E-state index contributed by atoms with van der Waals surface area (Å²) in [7, 11) is 0. The van der Waals surface area contributed by atoms with Gasteiger partial charge in [0.1, 0.15) is 73.2 Å². The molecule has 95 heavy (non-hydrogen) atoms. The highest BCUT2D eigenvalue weighted by Gasteiger charge is 2.53. The van der Waals surface area contributed by atoms with Gasteiger partial charge in [-0.15, -0.1) is 0 Å². The summed E-state index contributed by atoms with van der Waals surface area (Å²) in [5.74, 6) is -0.281. The molecule has 3 saturated heterocycles. The predicted molar refractivity (Wildman–Crippen MR) is 374 cm³/mol. The second-order valence-corrected chi connectivity index (χ2v) is 27.5. The Morgan fingerprint density at radius 1 is 0.379 bits per heavy atom. The Morgan fingerprint density at radius 2 is 0.705 bits per heavy atom. The van der Waals surface area contributed by atoms with Crippen LogP contribution in [0.1, 0.15) is 296 Å². The zero-order valence-corrected chi connectivity index (χ0v) is 59.2. The SMILES string of the molecule is CCCCCCC/C=C\C/C=C\CCCCCCCCCCCCCCCCCCCCCCCC(=O)NC(COC1OC(CO)C(OC2OC(CO)C(OC3OC(CO)C(O)C(O)C3O)C(O)C2O)C(O)C1O)C(O)/C=C/CC/C=C/CCCCCCCCCCCCC. The molecule has 0 radical (unpaired) electrons. The normalized spacial score (nSPS) is 27.4. The maximum atomic E-state index is 13.4. The molecule has 3 aliphatic heterocycles. The summed E-state index contributed by atoms with van der Waals surface area (Å²) in [5, 5.41) is 121. The molecular weight excluding hydrogens is 1210 g/mol. The van der Waals surface area contributed by atoms with Gasteiger partial charge in [0.15, 0.2) is 18.9 Å². The van der Waals surface area contributed by atoms with Crippen LogP contribution >= 0.6 is 0 Å². The zero-order valence-electron chi connectivity index (χ0n) is 59.2. The van der Waals surface area contributed by atoms with Crippen molar-refractivity contribution >= 4 is 5.91 Å². The molecule has 0 aliphatic carbocycles. The van der Waals surface area contributed by atoms with Gasteiger partial charge in [0.25, 0.3) is 0 Å². The second kappa shape index (κ2) is 57.4. The smallest absolute Gasteiger partial charge is 0.220 e. The van der Waals surface area contributed by atoms with Gasteiger partial charge in [0, 0.05) is 6.42 Å². The number of rotatable bonds is 60. The number of aliphatic hydroxyl groups excluding tert-OH is 11. The van der Waals surface area contributed by atoms with Crippen molar-refractivity contribution in [2.24, 2.45) is 0 Å². The minimum absolute atomic E-state index is 0.238. The van der Waals surface area contributed by atoms with Crippen LogP contribution in [0.3, 0.4) is 0 Å². The number of carbonyl (C=O) groups excluding carboxylic acids is 1. The summed E-state index contributed by atoms with van der Waals surface area (Å²) < 4.78 is 34.4. The molecule has 0 spiro atoms. The van der Waals surface area contributed by atoms with E-state index in [1.165, 1.54) is 218 Å². The Balaban J connectivity index is 1.36. The highest BCUT2D eigenvalue weighted by molar-refractivity contribution is 5.76. The molecule has 1 amide bonds. The Morgan fingerprint density at radius 3 is 1.12 bits per heavy atom. The first kappa shape index (κ1) is 87.0. The predicted octanol–water partition coefficient (Wildman–Crippen LogP) is 11.7. The largest absolute Gasteiger partial charge is 0.394 e. The van der Waals surface area contributed by atoms with E-state index in [1.54, 1.807) is 6.08 Å². The van der Waals surface area contributed by atoms with Crippen LogP contribution < -0.4 is 5.32 Å². The first-order valence-electron chi connectivity index (χ1n) is 38.4. The summed E-state index contributed by atoms with van der Waals surface area (Å²) in [4.78, 5) is 13.4. The average Bonchev–Trinajstić information content (AvgIpc) is 0.786. The first-order chi connectivity index (χ1) is 46.3. The quantitative estimate of drug-likeness (QED) is 0.0199.